The molecule has 0 aromatic rings. The topological polar surface area (TPSA) is 23.9 Å². The van der Waals surface area contributed by atoms with Gasteiger partial charge in [-0.05, 0) is 23.2 Å². The van der Waals surface area contributed by atoms with E-state index in [2.05, 4.69) is 6.92 Å². The Bertz CT molecular complexity index is 127. The maximum atomic E-state index is 7.42. The summed E-state index contributed by atoms with van der Waals surface area (Å²) in [6.07, 6.45) is 1.87. The predicted octanol–water partition coefficient (Wildman–Crippen LogP) is 2.93. The fraction of sp³-hybridized carbons (Fsp3) is 0.625. The molecule has 0 amide bonds. The first-order valence-corrected chi connectivity index (χ1v) is 4.60. The smallest absolute Gasteiger partial charge is 0.0344 e. The van der Waals surface area contributed by atoms with Crippen molar-refractivity contribution < 1.29 is 0 Å². The van der Waals surface area contributed by atoms with E-state index in [0.29, 0.717) is 11.6 Å². The fourth-order valence-electron chi connectivity index (χ4n) is 0.410. The fourth-order valence-corrected chi connectivity index (χ4v) is 0.845. The highest BCUT2D eigenvalue weighted by Crippen LogP contribution is 2.03. The van der Waals surface area contributed by atoms with Crippen molar-refractivity contribution in [2.75, 3.05) is 5.75 Å². The van der Waals surface area contributed by atoms with Crippen LogP contribution in [0.3, 0.4) is 0 Å². The minimum Gasteiger partial charge on any atom is -0.305 e. The highest BCUT2D eigenvalue weighted by Gasteiger charge is 1.95. The van der Waals surface area contributed by atoms with E-state index in [4.69, 9.17) is 5.41 Å². The zero-order valence-corrected chi connectivity index (χ0v) is 7.66. The van der Waals surface area contributed by atoms with Crippen LogP contribution in [0.2, 0.25) is 0 Å². The van der Waals surface area contributed by atoms with Crippen molar-refractivity contribution >= 4 is 17.5 Å². The maximum absolute atomic E-state index is 7.42. The standard InChI is InChI=1S/C8H15NS/c1-4-10-6-5-8(9)7(2)3/h5-7,9H,4H2,1-3H3/b6-5-,9-8?. The van der Waals surface area contributed by atoms with Gasteiger partial charge in [0.2, 0.25) is 0 Å². The summed E-state index contributed by atoms with van der Waals surface area (Å²) >= 11 is 1.73. The molecule has 0 spiro atoms. The van der Waals surface area contributed by atoms with Crippen molar-refractivity contribution in [1.29, 1.82) is 5.41 Å². The van der Waals surface area contributed by atoms with Gasteiger partial charge in [-0.2, -0.15) is 0 Å². The first-order valence-electron chi connectivity index (χ1n) is 3.55. The van der Waals surface area contributed by atoms with E-state index in [-0.39, 0.29) is 0 Å². The van der Waals surface area contributed by atoms with Crippen LogP contribution in [0.1, 0.15) is 20.8 Å². The zero-order chi connectivity index (χ0) is 7.98. The lowest BCUT2D eigenvalue weighted by Gasteiger charge is -1.99. The van der Waals surface area contributed by atoms with E-state index in [1.54, 1.807) is 11.8 Å². The first kappa shape index (κ1) is 9.76. The van der Waals surface area contributed by atoms with Crippen molar-refractivity contribution in [2.24, 2.45) is 5.92 Å². The molecule has 0 radical (unpaired) electrons. The molecule has 0 aromatic heterocycles. The number of nitrogens with one attached hydrogen (secondary N) is 1. The quantitative estimate of drug-likeness (QED) is 0.623. The summed E-state index contributed by atoms with van der Waals surface area (Å²) in [5.74, 6) is 1.44. The molecule has 1 N–H and O–H groups in total. The molecule has 0 aliphatic carbocycles. The van der Waals surface area contributed by atoms with Crippen molar-refractivity contribution in [1.82, 2.24) is 0 Å². The third-order valence-corrected chi connectivity index (χ3v) is 1.79. The summed E-state index contributed by atoms with van der Waals surface area (Å²) < 4.78 is 0. The van der Waals surface area contributed by atoms with Crippen molar-refractivity contribution in [3.8, 4) is 0 Å². The Kier molecular flexibility index (Phi) is 5.40. The van der Waals surface area contributed by atoms with E-state index >= 15 is 0 Å². The third-order valence-electron chi connectivity index (χ3n) is 1.13. The van der Waals surface area contributed by atoms with E-state index in [1.165, 1.54) is 0 Å². The highest BCUT2D eigenvalue weighted by molar-refractivity contribution is 8.02. The lowest BCUT2D eigenvalue weighted by molar-refractivity contribution is 0.882. The number of thioether (sulfide) groups is 1. The van der Waals surface area contributed by atoms with Crippen molar-refractivity contribution in [3.63, 3.8) is 0 Å². The Morgan fingerprint density at radius 1 is 1.60 bits per heavy atom. The Balaban J connectivity index is 3.56. The SMILES string of the molecule is CCS/C=C\C(=N)C(C)C. The van der Waals surface area contributed by atoms with E-state index in [9.17, 15) is 0 Å². The summed E-state index contributed by atoms with van der Waals surface area (Å²) in [6, 6.07) is 0. The molecule has 0 saturated carbocycles. The van der Waals surface area contributed by atoms with Gasteiger partial charge in [-0.25, -0.2) is 0 Å². The van der Waals surface area contributed by atoms with Crippen molar-refractivity contribution in [2.45, 2.75) is 20.8 Å². The molecular formula is C8H15NS. The molecule has 0 atom stereocenters. The largest absolute Gasteiger partial charge is 0.305 e. The molecule has 58 valence electrons. The lowest BCUT2D eigenvalue weighted by Crippen LogP contribution is -2.00. The molecule has 0 aromatic carbocycles. The molecule has 0 rings (SSSR count). The molecule has 0 saturated heterocycles. The molecule has 10 heavy (non-hydrogen) atoms. The van der Waals surface area contributed by atoms with E-state index in [1.807, 2.05) is 25.3 Å². The second kappa shape index (κ2) is 5.54. The van der Waals surface area contributed by atoms with Gasteiger partial charge < -0.3 is 5.41 Å². The van der Waals surface area contributed by atoms with Gasteiger partial charge in [-0.15, -0.1) is 11.8 Å². The average molecular weight is 157 g/mol. The number of rotatable bonds is 4. The summed E-state index contributed by atoms with van der Waals surface area (Å²) in [7, 11) is 0. The Labute approximate surface area is 67.4 Å². The molecule has 0 heterocycles. The van der Waals surface area contributed by atoms with Gasteiger partial charge >= 0.3 is 0 Å². The Morgan fingerprint density at radius 2 is 2.20 bits per heavy atom. The van der Waals surface area contributed by atoms with Crippen LogP contribution in [0.4, 0.5) is 0 Å². The predicted molar refractivity (Wildman–Crippen MR) is 49.8 cm³/mol. The summed E-state index contributed by atoms with van der Waals surface area (Å²) in [5, 5.41) is 9.41. The normalized spacial score (nSPS) is 11.2. The van der Waals surface area contributed by atoms with Gasteiger partial charge in [0.15, 0.2) is 0 Å². The van der Waals surface area contributed by atoms with Crippen LogP contribution in [-0.4, -0.2) is 11.5 Å². The van der Waals surface area contributed by atoms with Gasteiger partial charge in [0, 0.05) is 5.71 Å². The minimum atomic E-state index is 0.355. The van der Waals surface area contributed by atoms with Crippen LogP contribution in [0.25, 0.3) is 0 Å². The molecule has 0 bridgehead atoms. The monoisotopic (exact) mass is 157 g/mol. The second-order valence-electron chi connectivity index (χ2n) is 2.37. The molecule has 0 unspecified atom stereocenters. The van der Waals surface area contributed by atoms with Crippen molar-refractivity contribution in [3.05, 3.63) is 11.5 Å². The number of allylic oxidation sites excluding steroid dienone is 1. The van der Waals surface area contributed by atoms with Crippen LogP contribution in [0, 0.1) is 11.3 Å². The molecular weight excluding hydrogens is 142 g/mol. The lowest BCUT2D eigenvalue weighted by atomic mass is 10.1. The van der Waals surface area contributed by atoms with Gasteiger partial charge in [-0.1, -0.05) is 20.8 Å². The second-order valence-corrected chi connectivity index (χ2v) is 3.55. The Hall–Kier alpha value is -0.240. The van der Waals surface area contributed by atoms with Gasteiger partial charge in [-0.3, -0.25) is 0 Å². The minimum absolute atomic E-state index is 0.355. The van der Waals surface area contributed by atoms with Gasteiger partial charge in [0.05, 0.1) is 0 Å². The van der Waals surface area contributed by atoms with Crippen LogP contribution in [-0.2, 0) is 0 Å². The van der Waals surface area contributed by atoms with E-state index in [0.717, 1.165) is 5.75 Å². The maximum Gasteiger partial charge on any atom is 0.0344 e. The molecule has 0 aliphatic heterocycles. The van der Waals surface area contributed by atoms with Crippen LogP contribution >= 0.6 is 11.8 Å². The summed E-state index contributed by atoms with van der Waals surface area (Å²) in [4.78, 5) is 0. The molecule has 0 aliphatic rings. The van der Waals surface area contributed by atoms with Gasteiger partial charge in [0.1, 0.15) is 0 Å². The first-order chi connectivity index (χ1) is 4.68. The Morgan fingerprint density at radius 3 is 2.60 bits per heavy atom. The average Bonchev–Trinajstić information content (AvgIpc) is 1.88. The summed E-state index contributed by atoms with van der Waals surface area (Å²) in [5.41, 5.74) is 0.709. The van der Waals surface area contributed by atoms with Crippen LogP contribution < -0.4 is 0 Å². The van der Waals surface area contributed by atoms with E-state index < -0.39 is 0 Å². The zero-order valence-electron chi connectivity index (χ0n) is 6.85. The highest BCUT2D eigenvalue weighted by atomic mass is 32.2. The molecule has 1 nitrogen and oxygen atoms in total. The number of hydrogen-bond donors (Lipinski definition) is 1. The van der Waals surface area contributed by atoms with Gasteiger partial charge in [0.25, 0.3) is 0 Å². The number of hydrogen-bond acceptors (Lipinski definition) is 2. The summed E-state index contributed by atoms with van der Waals surface area (Å²) in [6.45, 7) is 6.17. The third kappa shape index (κ3) is 4.62. The molecule has 2 heteroatoms. The molecule has 0 fully saturated rings. The van der Waals surface area contributed by atoms with Crippen LogP contribution in [0.15, 0.2) is 11.5 Å². The van der Waals surface area contributed by atoms with Crippen LogP contribution in [0.5, 0.6) is 0 Å².